The van der Waals surface area contributed by atoms with Gasteiger partial charge in [0.1, 0.15) is 12.6 Å². The van der Waals surface area contributed by atoms with Gasteiger partial charge < -0.3 is 22.1 Å². The highest BCUT2D eigenvalue weighted by Crippen LogP contribution is 2.10. The van der Waals surface area contributed by atoms with Crippen LogP contribution < -0.4 is 0 Å². The third-order valence-corrected chi connectivity index (χ3v) is 2.92. The first-order valence-electron chi connectivity index (χ1n) is 5.51. The van der Waals surface area contributed by atoms with Gasteiger partial charge in [0.2, 0.25) is 0 Å². The molecule has 0 heterocycles. The molecular weight excluding hydrogens is 206 g/mol. The Morgan fingerprint density at radius 1 is 1.31 bits per heavy atom. The summed E-state index contributed by atoms with van der Waals surface area (Å²) in [4.78, 5) is 10.6. The fourth-order valence-electron chi connectivity index (χ4n) is 1.36. The fraction of sp³-hybridized carbons (Fsp3) is 0.833. The summed E-state index contributed by atoms with van der Waals surface area (Å²) >= 11 is 0. The minimum absolute atomic E-state index is 0. The molecule has 0 fully saturated rings. The Morgan fingerprint density at radius 2 is 1.81 bits per heavy atom. The van der Waals surface area contributed by atoms with E-state index < -0.39 is 12.1 Å². The number of carboxylic acids is 1. The second-order valence-corrected chi connectivity index (χ2v) is 4.90. The van der Waals surface area contributed by atoms with Crippen molar-refractivity contribution in [2.75, 3.05) is 27.2 Å². The van der Waals surface area contributed by atoms with Gasteiger partial charge >= 0.3 is 5.97 Å². The van der Waals surface area contributed by atoms with Gasteiger partial charge in [0.25, 0.3) is 0 Å². The molecule has 0 aliphatic rings. The number of carbonyl (C=O) groups is 1. The van der Waals surface area contributed by atoms with Crippen LogP contribution in [0, 0.1) is 13.3 Å². The van der Waals surface area contributed by atoms with Crippen molar-refractivity contribution in [2.24, 2.45) is 5.92 Å². The van der Waals surface area contributed by atoms with Crippen molar-refractivity contribution in [1.29, 1.82) is 0 Å². The molecule has 4 nitrogen and oxygen atoms in total. The highest BCUT2D eigenvalue weighted by molar-refractivity contribution is 5.69. The van der Waals surface area contributed by atoms with Crippen molar-refractivity contribution < 1.29 is 19.5 Å². The topological polar surface area (TPSA) is 57.5 Å². The van der Waals surface area contributed by atoms with E-state index >= 15 is 0 Å². The quantitative estimate of drug-likeness (QED) is 0.516. The molecule has 2 atom stereocenters. The van der Waals surface area contributed by atoms with E-state index in [2.05, 4.69) is 21.0 Å². The molecule has 0 rings (SSSR count). The van der Waals surface area contributed by atoms with Gasteiger partial charge in [-0.2, -0.15) is 0 Å². The van der Waals surface area contributed by atoms with Crippen LogP contribution in [0.4, 0.5) is 0 Å². The van der Waals surface area contributed by atoms with Crippen LogP contribution >= 0.6 is 0 Å². The van der Waals surface area contributed by atoms with E-state index in [4.69, 9.17) is 5.11 Å². The van der Waals surface area contributed by atoms with E-state index in [-0.39, 0.29) is 13.3 Å². The van der Waals surface area contributed by atoms with Crippen molar-refractivity contribution in [3.05, 3.63) is 7.43 Å². The number of likely N-dealkylation sites (N-methyl/N-ethyl adjacent to an activating group) is 1. The van der Waals surface area contributed by atoms with Crippen LogP contribution in [-0.2, 0) is 4.79 Å². The highest BCUT2D eigenvalue weighted by atomic mass is 16.4. The lowest BCUT2D eigenvalue weighted by Gasteiger charge is -2.30. The van der Waals surface area contributed by atoms with Crippen molar-refractivity contribution in [3.63, 3.8) is 0 Å². The smallest absolute Gasteiger partial charge is 0.306 e. The first-order valence-corrected chi connectivity index (χ1v) is 5.51. The standard InChI is InChI=1S/C11H23NO3.CH3/c1-5-12(3,4)8-10(13)7-6-9(2)11(14)15;/h9-10,13H,5-8H2,1-4H3;1H3/q;-1/p+1. The zero-order valence-corrected chi connectivity index (χ0v) is 11.2. The van der Waals surface area contributed by atoms with Crippen LogP contribution in [0.3, 0.4) is 0 Å². The number of rotatable bonds is 7. The predicted molar refractivity (Wildman–Crippen MR) is 66.0 cm³/mol. The monoisotopic (exact) mass is 233 g/mol. The lowest BCUT2D eigenvalue weighted by molar-refractivity contribution is -0.891. The molecule has 0 saturated heterocycles. The van der Waals surface area contributed by atoms with E-state index in [1.54, 1.807) is 6.92 Å². The molecule has 16 heavy (non-hydrogen) atoms. The van der Waals surface area contributed by atoms with E-state index in [9.17, 15) is 9.90 Å². The first kappa shape index (κ1) is 17.8. The highest BCUT2D eigenvalue weighted by Gasteiger charge is 2.20. The minimum atomic E-state index is -0.786. The molecule has 0 aromatic heterocycles. The minimum Gasteiger partial charge on any atom is -0.481 e. The molecule has 0 radical (unpaired) electrons. The predicted octanol–water partition coefficient (Wildman–Crippen LogP) is 1.39. The van der Waals surface area contributed by atoms with Crippen LogP contribution in [0.15, 0.2) is 0 Å². The molecule has 0 aliphatic heterocycles. The number of aliphatic carboxylic acids is 1. The van der Waals surface area contributed by atoms with E-state index in [1.165, 1.54) is 0 Å². The van der Waals surface area contributed by atoms with Gasteiger partial charge in [0, 0.05) is 0 Å². The second kappa shape index (κ2) is 7.63. The molecule has 0 aliphatic carbocycles. The number of quaternary nitrogens is 1. The van der Waals surface area contributed by atoms with Gasteiger partial charge in [-0.25, -0.2) is 0 Å². The molecular formula is C12H27NO3. The molecule has 0 aromatic rings. The van der Waals surface area contributed by atoms with Crippen molar-refractivity contribution in [1.82, 2.24) is 0 Å². The number of aliphatic hydroxyl groups excluding tert-OH is 1. The summed E-state index contributed by atoms with van der Waals surface area (Å²) in [6, 6.07) is 0. The van der Waals surface area contributed by atoms with Crippen LogP contribution in [0.5, 0.6) is 0 Å². The van der Waals surface area contributed by atoms with Crippen LogP contribution in [0.2, 0.25) is 0 Å². The van der Waals surface area contributed by atoms with Gasteiger partial charge in [0.15, 0.2) is 0 Å². The summed E-state index contributed by atoms with van der Waals surface area (Å²) in [6.07, 6.45) is 0.705. The maximum atomic E-state index is 10.6. The molecule has 2 N–H and O–H groups in total. The number of hydrogen-bond donors (Lipinski definition) is 2. The van der Waals surface area contributed by atoms with E-state index in [0.29, 0.717) is 19.4 Å². The Labute approximate surface area is 99.5 Å². The number of aliphatic hydroxyl groups is 1. The first-order chi connectivity index (χ1) is 6.78. The van der Waals surface area contributed by atoms with Crippen molar-refractivity contribution in [2.45, 2.75) is 32.8 Å². The second-order valence-electron chi connectivity index (χ2n) is 4.90. The normalized spacial score (nSPS) is 15.1. The Morgan fingerprint density at radius 3 is 2.19 bits per heavy atom. The maximum absolute atomic E-state index is 10.6. The lowest BCUT2D eigenvalue weighted by Crippen LogP contribution is -2.45. The average Bonchev–Trinajstić information content (AvgIpc) is 2.13. The average molecular weight is 233 g/mol. The van der Waals surface area contributed by atoms with Gasteiger partial charge in [-0.05, 0) is 19.8 Å². The SMILES string of the molecule is CC[N+](C)(C)CC(O)CCC(C)C(=O)O.[CH3-]. The molecule has 4 heteroatoms. The van der Waals surface area contributed by atoms with Gasteiger partial charge in [-0.3, -0.25) is 4.79 Å². The summed E-state index contributed by atoms with van der Waals surface area (Å²) in [7, 11) is 4.12. The lowest BCUT2D eigenvalue weighted by atomic mass is 10.0. The Hall–Kier alpha value is -0.610. The third kappa shape index (κ3) is 7.65. The zero-order valence-electron chi connectivity index (χ0n) is 11.2. The molecule has 2 unspecified atom stereocenters. The molecule has 0 spiro atoms. The van der Waals surface area contributed by atoms with Gasteiger partial charge in [-0.1, -0.05) is 6.92 Å². The Bertz CT molecular complexity index is 204. The Balaban J connectivity index is 0. The molecule has 0 bridgehead atoms. The third-order valence-electron chi connectivity index (χ3n) is 2.92. The fourth-order valence-corrected chi connectivity index (χ4v) is 1.36. The number of carboxylic acid groups (broad SMARTS) is 1. The summed E-state index contributed by atoms with van der Waals surface area (Å²) in [6.45, 7) is 5.40. The van der Waals surface area contributed by atoms with Crippen LogP contribution in [0.25, 0.3) is 0 Å². The van der Waals surface area contributed by atoms with Gasteiger partial charge in [0.05, 0.1) is 26.6 Å². The number of nitrogens with zero attached hydrogens (tertiary/aromatic N) is 1. The van der Waals surface area contributed by atoms with E-state index in [0.717, 1.165) is 11.0 Å². The van der Waals surface area contributed by atoms with E-state index in [1.807, 2.05) is 0 Å². The summed E-state index contributed by atoms with van der Waals surface area (Å²) in [5.74, 6) is -1.15. The van der Waals surface area contributed by atoms with Crippen LogP contribution in [0.1, 0.15) is 26.7 Å². The zero-order chi connectivity index (χ0) is 12.1. The molecule has 0 aromatic carbocycles. The summed E-state index contributed by atoms with van der Waals surface area (Å²) in [5.41, 5.74) is 0. The largest absolute Gasteiger partial charge is 0.481 e. The van der Waals surface area contributed by atoms with Crippen LogP contribution in [-0.4, -0.2) is 54.0 Å². The summed E-state index contributed by atoms with van der Waals surface area (Å²) in [5, 5.41) is 18.4. The molecule has 0 amide bonds. The molecule has 98 valence electrons. The summed E-state index contributed by atoms with van der Waals surface area (Å²) < 4.78 is 0.766. The van der Waals surface area contributed by atoms with Crippen molar-refractivity contribution in [3.8, 4) is 0 Å². The maximum Gasteiger partial charge on any atom is 0.306 e. The van der Waals surface area contributed by atoms with Gasteiger partial charge in [-0.15, -0.1) is 0 Å². The Kier molecular flexibility index (Phi) is 8.47. The van der Waals surface area contributed by atoms with Crippen molar-refractivity contribution >= 4 is 5.97 Å². The number of hydrogen-bond acceptors (Lipinski definition) is 2. The molecule has 0 saturated carbocycles.